The summed E-state index contributed by atoms with van der Waals surface area (Å²) in [5, 5.41) is 7.39. The number of likely N-dealkylation sites (N-methyl/N-ethyl adjacent to an activating group) is 1. The molecule has 5 nitrogen and oxygen atoms in total. The number of hydrogen-bond donors (Lipinski definition) is 3. The van der Waals surface area contributed by atoms with Crippen LogP contribution in [0.3, 0.4) is 0 Å². The minimum Gasteiger partial charge on any atom is -0.389 e. The minimum atomic E-state index is -0.331. The van der Waals surface area contributed by atoms with Crippen molar-refractivity contribution in [2.45, 2.75) is 0 Å². The van der Waals surface area contributed by atoms with Gasteiger partial charge in [0.1, 0.15) is 5.69 Å². The predicted molar refractivity (Wildman–Crippen MR) is 70.5 cm³/mol. The first-order valence-corrected chi connectivity index (χ1v) is 5.67. The maximum absolute atomic E-state index is 11.6. The number of allylic oxidation sites excluding steroid dienone is 2. The molecule has 1 rings (SSSR count). The number of amides is 1. The van der Waals surface area contributed by atoms with Gasteiger partial charge in [0.15, 0.2) is 5.13 Å². The second kappa shape index (κ2) is 5.86. The van der Waals surface area contributed by atoms with Gasteiger partial charge in [-0.15, -0.1) is 11.3 Å². The second-order valence-corrected chi connectivity index (χ2v) is 4.05. The number of hydrogen-bond acceptors (Lipinski definition) is 5. The van der Waals surface area contributed by atoms with E-state index in [1.54, 1.807) is 24.6 Å². The standard InChI is InChI=1S/C11H14N4OS/c1-7(13-3)4-5-8(2)14-10(16)9-6-17-11(12)15-9/h4-6,13H,1-2H2,3H3,(H2,12,15)(H,14,16)/b5-4-. The molecule has 6 heteroatoms. The zero-order chi connectivity index (χ0) is 12.8. The third-order valence-corrected chi connectivity index (χ3v) is 2.51. The van der Waals surface area contributed by atoms with Gasteiger partial charge < -0.3 is 16.4 Å². The molecule has 0 aliphatic rings. The number of nitrogen functional groups attached to an aromatic ring is 1. The summed E-state index contributed by atoms with van der Waals surface area (Å²) >= 11 is 1.22. The van der Waals surface area contributed by atoms with Crippen LogP contribution in [0, 0.1) is 0 Å². The van der Waals surface area contributed by atoms with Crippen molar-refractivity contribution < 1.29 is 4.79 Å². The van der Waals surface area contributed by atoms with Crippen LogP contribution in [0.25, 0.3) is 0 Å². The Morgan fingerprint density at radius 1 is 1.47 bits per heavy atom. The molecule has 0 aliphatic carbocycles. The molecule has 0 bridgehead atoms. The lowest BCUT2D eigenvalue weighted by Gasteiger charge is -2.02. The highest BCUT2D eigenvalue weighted by Crippen LogP contribution is 2.11. The number of aromatic nitrogens is 1. The van der Waals surface area contributed by atoms with Crippen LogP contribution < -0.4 is 16.4 Å². The van der Waals surface area contributed by atoms with Crippen LogP contribution in [0.2, 0.25) is 0 Å². The number of nitrogens with zero attached hydrogens (tertiary/aromatic N) is 1. The molecule has 4 N–H and O–H groups in total. The molecule has 1 aromatic heterocycles. The van der Waals surface area contributed by atoms with Gasteiger partial charge in [0.25, 0.3) is 5.91 Å². The van der Waals surface area contributed by atoms with Crippen molar-refractivity contribution in [3.8, 4) is 0 Å². The summed E-state index contributed by atoms with van der Waals surface area (Å²) in [4.78, 5) is 15.5. The molecule has 1 amide bonds. The minimum absolute atomic E-state index is 0.287. The summed E-state index contributed by atoms with van der Waals surface area (Å²) in [7, 11) is 1.76. The Balaban J connectivity index is 2.55. The highest BCUT2D eigenvalue weighted by Gasteiger charge is 2.09. The van der Waals surface area contributed by atoms with Crippen molar-refractivity contribution in [3.05, 3.63) is 47.8 Å². The lowest BCUT2D eigenvalue weighted by atomic mass is 10.3. The van der Waals surface area contributed by atoms with Crippen LogP contribution >= 0.6 is 11.3 Å². The van der Waals surface area contributed by atoms with E-state index >= 15 is 0 Å². The van der Waals surface area contributed by atoms with Crippen molar-refractivity contribution in [2.75, 3.05) is 12.8 Å². The molecule has 1 heterocycles. The monoisotopic (exact) mass is 250 g/mol. The van der Waals surface area contributed by atoms with E-state index in [1.165, 1.54) is 11.3 Å². The van der Waals surface area contributed by atoms with Crippen molar-refractivity contribution in [1.82, 2.24) is 15.6 Å². The fourth-order valence-corrected chi connectivity index (χ4v) is 1.47. The first kappa shape index (κ1) is 13.0. The SMILES string of the molecule is C=C(/C=C\C(=C)NC(=O)c1csc(N)n1)NC. The average molecular weight is 250 g/mol. The van der Waals surface area contributed by atoms with Gasteiger partial charge in [-0.05, 0) is 12.2 Å². The highest BCUT2D eigenvalue weighted by molar-refractivity contribution is 7.13. The molecule has 0 aromatic carbocycles. The van der Waals surface area contributed by atoms with Crippen LogP contribution in [0.15, 0.2) is 42.1 Å². The zero-order valence-electron chi connectivity index (χ0n) is 9.49. The first-order valence-electron chi connectivity index (χ1n) is 4.79. The van der Waals surface area contributed by atoms with Gasteiger partial charge in [-0.3, -0.25) is 4.79 Å². The molecule has 90 valence electrons. The number of rotatable bonds is 5. The molecule has 0 saturated heterocycles. The quantitative estimate of drug-likeness (QED) is 0.687. The topological polar surface area (TPSA) is 80.0 Å². The second-order valence-electron chi connectivity index (χ2n) is 3.16. The van der Waals surface area contributed by atoms with E-state index in [-0.39, 0.29) is 11.6 Å². The summed E-state index contributed by atoms with van der Waals surface area (Å²) in [6.45, 7) is 7.40. The van der Waals surface area contributed by atoms with E-state index in [0.29, 0.717) is 10.8 Å². The van der Waals surface area contributed by atoms with Gasteiger partial charge in [-0.1, -0.05) is 13.2 Å². The van der Waals surface area contributed by atoms with Crippen molar-refractivity contribution in [3.63, 3.8) is 0 Å². The van der Waals surface area contributed by atoms with Crippen LogP contribution in [-0.2, 0) is 0 Å². The summed E-state index contributed by atoms with van der Waals surface area (Å²) in [5.74, 6) is -0.331. The Hall–Kier alpha value is -2.08. The molecule has 0 spiro atoms. The summed E-state index contributed by atoms with van der Waals surface area (Å²) < 4.78 is 0. The van der Waals surface area contributed by atoms with Crippen LogP contribution in [-0.4, -0.2) is 17.9 Å². The maximum atomic E-state index is 11.6. The van der Waals surface area contributed by atoms with Crippen LogP contribution in [0.1, 0.15) is 10.5 Å². The average Bonchev–Trinajstić information content (AvgIpc) is 2.72. The number of anilines is 1. The van der Waals surface area contributed by atoms with E-state index in [1.807, 2.05) is 0 Å². The molecule has 0 fully saturated rings. The fraction of sp³-hybridized carbons (Fsp3) is 0.0909. The third kappa shape index (κ3) is 4.12. The third-order valence-electron chi connectivity index (χ3n) is 1.84. The maximum Gasteiger partial charge on any atom is 0.275 e. The molecule has 0 unspecified atom stereocenters. The zero-order valence-corrected chi connectivity index (χ0v) is 10.3. The fourth-order valence-electron chi connectivity index (χ4n) is 0.928. The van der Waals surface area contributed by atoms with Crippen LogP contribution in [0.4, 0.5) is 5.13 Å². The van der Waals surface area contributed by atoms with Crippen LogP contribution in [0.5, 0.6) is 0 Å². The molecular weight excluding hydrogens is 236 g/mol. The van der Waals surface area contributed by atoms with Crippen molar-refractivity contribution >= 4 is 22.4 Å². The number of nitrogens with one attached hydrogen (secondary N) is 2. The van der Waals surface area contributed by atoms with Crippen molar-refractivity contribution in [1.29, 1.82) is 0 Å². The smallest absolute Gasteiger partial charge is 0.275 e. The van der Waals surface area contributed by atoms with Gasteiger partial charge >= 0.3 is 0 Å². The Morgan fingerprint density at radius 2 is 2.12 bits per heavy atom. The van der Waals surface area contributed by atoms with Gasteiger partial charge in [0.2, 0.25) is 0 Å². The normalized spacial score (nSPS) is 10.2. The Kier molecular flexibility index (Phi) is 4.47. The number of thiazole rings is 1. The largest absolute Gasteiger partial charge is 0.389 e. The molecule has 1 aromatic rings. The van der Waals surface area contributed by atoms with Crippen molar-refractivity contribution in [2.24, 2.45) is 0 Å². The van der Waals surface area contributed by atoms with Gasteiger partial charge in [-0.2, -0.15) is 0 Å². The number of carbonyl (C=O) groups excluding carboxylic acids is 1. The summed E-state index contributed by atoms with van der Waals surface area (Å²) in [6, 6.07) is 0. The number of carbonyl (C=O) groups is 1. The van der Waals surface area contributed by atoms with Gasteiger partial charge in [0.05, 0.1) is 0 Å². The Labute approximate surface area is 104 Å². The van der Waals surface area contributed by atoms with E-state index in [2.05, 4.69) is 28.8 Å². The van der Waals surface area contributed by atoms with E-state index in [4.69, 9.17) is 5.73 Å². The van der Waals surface area contributed by atoms with E-state index in [9.17, 15) is 4.79 Å². The number of nitrogens with two attached hydrogens (primary N) is 1. The molecule has 0 saturated carbocycles. The lowest BCUT2D eigenvalue weighted by molar-refractivity contribution is 0.0963. The molecule has 0 radical (unpaired) electrons. The Morgan fingerprint density at radius 3 is 2.65 bits per heavy atom. The molecule has 0 atom stereocenters. The summed E-state index contributed by atoms with van der Waals surface area (Å²) in [5.41, 5.74) is 6.90. The van der Waals surface area contributed by atoms with E-state index < -0.39 is 0 Å². The molecule has 17 heavy (non-hydrogen) atoms. The van der Waals surface area contributed by atoms with E-state index in [0.717, 1.165) is 5.70 Å². The van der Waals surface area contributed by atoms with Gasteiger partial charge in [-0.25, -0.2) is 4.98 Å². The van der Waals surface area contributed by atoms with Gasteiger partial charge in [0, 0.05) is 23.8 Å². The molecule has 0 aliphatic heterocycles. The molecular formula is C11H14N4OS. The first-order chi connectivity index (χ1) is 8.02. The lowest BCUT2D eigenvalue weighted by Crippen LogP contribution is -2.21. The Bertz CT molecular complexity index is 476. The summed E-state index contributed by atoms with van der Waals surface area (Å²) in [6.07, 6.45) is 3.35. The highest BCUT2D eigenvalue weighted by atomic mass is 32.1. The predicted octanol–water partition coefficient (Wildman–Crippen LogP) is 1.26.